The van der Waals surface area contributed by atoms with E-state index in [1.807, 2.05) is 24.3 Å². The SMILES string of the molecule is O=C=C(F)CC1C=CC=CC1. The molecule has 0 aromatic heterocycles. The van der Waals surface area contributed by atoms with E-state index in [0.29, 0.717) is 0 Å². The molecule has 0 saturated heterocycles. The van der Waals surface area contributed by atoms with Crippen molar-refractivity contribution in [3.63, 3.8) is 0 Å². The van der Waals surface area contributed by atoms with Crippen LogP contribution in [0.15, 0.2) is 30.1 Å². The van der Waals surface area contributed by atoms with Crippen molar-refractivity contribution in [2.45, 2.75) is 12.8 Å². The summed E-state index contributed by atoms with van der Waals surface area (Å²) in [6, 6.07) is 0. The first-order chi connectivity index (χ1) is 5.33. The van der Waals surface area contributed by atoms with E-state index >= 15 is 0 Å². The van der Waals surface area contributed by atoms with Crippen LogP contribution in [0.25, 0.3) is 0 Å². The molecule has 0 N–H and O–H groups in total. The maximum absolute atomic E-state index is 12.4. The van der Waals surface area contributed by atoms with Crippen LogP contribution in [0.1, 0.15) is 12.8 Å². The molecule has 0 aromatic rings. The highest BCUT2D eigenvalue weighted by Gasteiger charge is 2.08. The predicted molar refractivity (Wildman–Crippen MR) is 41.3 cm³/mol. The first-order valence-corrected chi connectivity index (χ1v) is 3.55. The van der Waals surface area contributed by atoms with Gasteiger partial charge in [0.05, 0.1) is 0 Å². The number of hydrogen-bond donors (Lipinski definition) is 0. The lowest BCUT2D eigenvalue weighted by molar-refractivity contribution is 0.507. The van der Waals surface area contributed by atoms with Gasteiger partial charge in [-0.2, -0.15) is 4.39 Å². The van der Waals surface area contributed by atoms with Gasteiger partial charge < -0.3 is 0 Å². The molecule has 0 aromatic carbocycles. The van der Waals surface area contributed by atoms with Gasteiger partial charge in [0.25, 0.3) is 0 Å². The van der Waals surface area contributed by atoms with Crippen LogP contribution in [0.3, 0.4) is 0 Å². The van der Waals surface area contributed by atoms with Crippen LogP contribution in [0, 0.1) is 5.92 Å². The third kappa shape index (κ3) is 2.52. The molecular weight excluding hydrogens is 143 g/mol. The van der Waals surface area contributed by atoms with Crippen molar-refractivity contribution in [1.29, 1.82) is 0 Å². The minimum Gasteiger partial charge on any atom is -0.231 e. The van der Waals surface area contributed by atoms with Gasteiger partial charge in [0.1, 0.15) is 0 Å². The Morgan fingerprint density at radius 2 is 2.45 bits per heavy atom. The van der Waals surface area contributed by atoms with Gasteiger partial charge in [0.2, 0.25) is 0 Å². The van der Waals surface area contributed by atoms with Gasteiger partial charge in [-0.1, -0.05) is 24.3 Å². The van der Waals surface area contributed by atoms with E-state index in [0.717, 1.165) is 6.42 Å². The van der Waals surface area contributed by atoms with E-state index in [4.69, 9.17) is 0 Å². The van der Waals surface area contributed by atoms with E-state index in [1.165, 1.54) is 5.94 Å². The highest BCUT2D eigenvalue weighted by atomic mass is 19.1. The van der Waals surface area contributed by atoms with E-state index in [1.54, 1.807) is 0 Å². The van der Waals surface area contributed by atoms with Crippen LogP contribution >= 0.6 is 0 Å². The van der Waals surface area contributed by atoms with Gasteiger partial charge in [-0.15, -0.1) is 0 Å². The molecule has 0 saturated carbocycles. The zero-order valence-electron chi connectivity index (χ0n) is 6.09. The Bertz CT molecular complexity index is 234. The van der Waals surface area contributed by atoms with Crippen LogP contribution in [0.4, 0.5) is 4.39 Å². The summed E-state index contributed by atoms with van der Waals surface area (Å²) >= 11 is 0. The Hall–Kier alpha value is -1.14. The summed E-state index contributed by atoms with van der Waals surface area (Å²) in [6.45, 7) is 0. The third-order valence-electron chi connectivity index (χ3n) is 1.62. The fourth-order valence-electron chi connectivity index (χ4n) is 1.06. The fourth-order valence-corrected chi connectivity index (χ4v) is 1.06. The minimum absolute atomic E-state index is 0.140. The van der Waals surface area contributed by atoms with Crippen molar-refractivity contribution < 1.29 is 9.18 Å². The molecule has 0 spiro atoms. The number of hydrogen-bond acceptors (Lipinski definition) is 1. The zero-order valence-corrected chi connectivity index (χ0v) is 6.09. The largest absolute Gasteiger partial charge is 0.231 e. The van der Waals surface area contributed by atoms with Crippen LogP contribution in [0.5, 0.6) is 0 Å². The van der Waals surface area contributed by atoms with Gasteiger partial charge in [0, 0.05) is 6.42 Å². The molecule has 1 aliphatic rings. The van der Waals surface area contributed by atoms with E-state index < -0.39 is 5.83 Å². The number of halogens is 1. The van der Waals surface area contributed by atoms with Gasteiger partial charge in [-0.3, -0.25) is 0 Å². The molecule has 2 heteroatoms. The smallest absolute Gasteiger partial charge is 0.184 e. The second kappa shape index (κ2) is 3.89. The molecule has 0 aliphatic heterocycles. The molecule has 1 unspecified atom stereocenters. The first-order valence-electron chi connectivity index (χ1n) is 3.55. The summed E-state index contributed by atoms with van der Waals surface area (Å²) in [5.74, 6) is 0.709. The number of rotatable bonds is 2. The Kier molecular flexibility index (Phi) is 2.82. The van der Waals surface area contributed by atoms with Crippen molar-refractivity contribution >= 4 is 5.94 Å². The molecule has 0 bridgehead atoms. The average molecular weight is 152 g/mol. The Labute approximate surface area is 64.9 Å². The minimum atomic E-state index is -0.685. The lowest BCUT2D eigenvalue weighted by Crippen LogP contribution is -1.97. The standard InChI is InChI=1S/C9H9FO/c10-9(7-11)6-8-4-2-1-3-5-8/h1-4,8H,5-6H2. The Balaban J connectivity index is 2.45. The van der Waals surface area contributed by atoms with Gasteiger partial charge >= 0.3 is 0 Å². The zero-order chi connectivity index (χ0) is 8.10. The Morgan fingerprint density at radius 1 is 1.64 bits per heavy atom. The van der Waals surface area contributed by atoms with Crippen LogP contribution in [-0.4, -0.2) is 5.94 Å². The summed E-state index contributed by atoms with van der Waals surface area (Å²) in [6.07, 6.45) is 8.64. The number of allylic oxidation sites excluding steroid dienone is 5. The Morgan fingerprint density at radius 3 is 3.00 bits per heavy atom. The fraction of sp³-hybridized carbons (Fsp3) is 0.333. The monoisotopic (exact) mass is 152 g/mol. The van der Waals surface area contributed by atoms with Crippen molar-refractivity contribution in [3.8, 4) is 0 Å². The van der Waals surface area contributed by atoms with E-state index in [2.05, 4.69) is 0 Å². The van der Waals surface area contributed by atoms with Crippen LogP contribution < -0.4 is 0 Å². The summed E-state index contributed by atoms with van der Waals surface area (Å²) in [4.78, 5) is 9.80. The predicted octanol–water partition coefficient (Wildman–Crippen LogP) is 2.19. The van der Waals surface area contributed by atoms with Crippen molar-refractivity contribution in [1.82, 2.24) is 0 Å². The van der Waals surface area contributed by atoms with Gasteiger partial charge in [-0.25, -0.2) is 4.79 Å². The second-order valence-corrected chi connectivity index (χ2v) is 2.52. The molecule has 0 amide bonds. The molecule has 1 atom stereocenters. The molecular formula is C9H9FO. The summed E-state index contributed by atoms with van der Waals surface area (Å²) < 4.78 is 12.4. The molecule has 0 radical (unpaired) electrons. The van der Waals surface area contributed by atoms with E-state index in [-0.39, 0.29) is 12.3 Å². The van der Waals surface area contributed by atoms with Gasteiger partial charge in [0.15, 0.2) is 11.8 Å². The number of carbonyl (C=O) groups excluding carboxylic acids is 1. The second-order valence-electron chi connectivity index (χ2n) is 2.52. The molecule has 0 fully saturated rings. The molecule has 1 rings (SSSR count). The topological polar surface area (TPSA) is 17.1 Å². The molecule has 1 aliphatic carbocycles. The maximum atomic E-state index is 12.4. The summed E-state index contributed by atoms with van der Waals surface area (Å²) in [5.41, 5.74) is 0. The molecule has 0 heterocycles. The average Bonchev–Trinajstić information content (AvgIpc) is 2.06. The van der Waals surface area contributed by atoms with Crippen molar-refractivity contribution in [2.75, 3.05) is 0 Å². The van der Waals surface area contributed by atoms with Crippen molar-refractivity contribution in [2.24, 2.45) is 5.92 Å². The highest BCUT2D eigenvalue weighted by Crippen LogP contribution is 2.19. The normalized spacial score (nSPS) is 21.4. The highest BCUT2D eigenvalue weighted by molar-refractivity contribution is 5.49. The van der Waals surface area contributed by atoms with E-state index in [9.17, 15) is 9.18 Å². The molecule has 1 nitrogen and oxygen atoms in total. The van der Waals surface area contributed by atoms with Crippen LogP contribution in [-0.2, 0) is 4.79 Å². The molecule has 11 heavy (non-hydrogen) atoms. The lowest BCUT2D eigenvalue weighted by atomic mass is 9.97. The first kappa shape index (κ1) is 7.96. The molecule has 58 valence electrons. The van der Waals surface area contributed by atoms with Gasteiger partial charge in [-0.05, 0) is 12.3 Å². The lowest BCUT2D eigenvalue weighted by Gasteiger charge is -2.08. The quantitative estimate of drug-likeness (QED) is 0.554. The third-order valence-corrected chi connectivity index (χ3v) is 1.62. The van der Waals surface area contributed by atoms with Crippen molar-refractivity contribution in [3.05, 3.63) is 30.1 Å². The maximum Gasteiger partial charge on any atom is 0.184 e. The van der Waals surface area contributed by atoms with Crippen LogP contribution in [0.2, 0.25) is 0 Å². The summed E-state index contributed by atoms with van der Waals surface area (Å²) in [7, 11) is 0. The summed E-state index contributed by atoms with van der Waals surface area (Å²) in [5, 5.41) is 0.